The summed E-state index contributed by atoms with van der Waals surface area (Å²) >= 11 is 1.70. The predicted octanol–water partition coefficient (Wildman–Crippen LogP) is 3.83. The minimum Gasteiger partial charge on any atom is -0.382 e. The van der Waals surface area contributed by atoms with Gasteiger partial charge in [0.1, 0.15) is 0 Å². The van der Waals surface area contributed by atoms with Gasteiger partial charge in [-0.2, -0.15) is 11.3 Å². The van der Waals surface area contributed by atoms with Crippen LogP contribution in [0.4, 0.5) is 11.4 Å². The first-order valence-corrected chi connectivity index (χ1v) is 8.81. The zero-order valence-electron chi connectivity index (χ0n) is 13.1. The van der Waals surface area contributed by atoms with Crippen molar-refractivity contribution < 1.29 is 9.59 Å². The Hall–Kier alpha value is -2.14. The zero-order chi connectivity index (χ0) is 16.2. The molecule has 0 unspecified atom stereocenters. The molecule has 0 saturated carbocycles. The first kappa shape index (κ1) is 15.7. The van der Waals surface area contributed by atoms with Gasteiger partial charge in [0, 0.05) is 24.6 Å². The molecule has 1 aliphatic heterocycles. The third-order valence-electron chi connectivity index (χ3n) is 3.92. The van der Waals surface area contributed by atoms with E-state index < -0.39 is 0 Å². The van der Waals surface area contributed by atoms with E-state index in [2.05, 4.69) is 29.1 Å². The number of nitrogens with zero attached hydrogens (tertiary/aromatic N) is 1. The Bertz CT molecular complexity index is 681. The van der Waals surface area contributed by atoms with Crippen LogP contribution in [0.3, 0.4) is 0 Å². The molecule has 2 aromatic rings. The Morgan fingerprint density at radius 3 is 2.70 bits per heavy atom. The lowest BCUT2D eigenvalue weighted by atomic mass is 10.1. The van der Waals surface area contributed by atoms with Crippen LogP contribution in [0.25, 0.3) is 0 Å². The molecule has 1 saturated heterocycles. The maximum Gasteiger partial charge on any atom is 0.233 e. The fraction of sp³-hybridized carbons (Fsp3) is 0.333. The van der Waals surface area contributed by atoms with Crippen LogP contribution in [-0.2, 0) is 16.0 Å². The second kappa shape index (κ2) is 6.96. The molecule has 2 amide bonds. The van der Waals surface area contributed by atoms with E-state index >= 15 is 0 Å². The topological polar surface area (TPSA) is 49.4 Å². The van der Waals surface area contributed by atoms with Gasteiger partial charge in [-0.25, -0.2) is 0 Å². The molecule has 1 atom stereocenters. The number of carbonyl (C=O) groups is 2. The summed E-state index contributed by atoms with van der Waals surface area (Å²) in [6.07, 6.45) is 2.48. The van der Waals surface area contributed by atoms with Gasteiger partial charge < -0.3 is 5.32 Å². The standard InChI is InChI=1S/C18H20N2O2S/c1-13(10-14-8-9-23-12-14)19-15-4-2-5-16(11-15)20-17(21)6-3-7-18(20)22/h2,4-5,8-9,11-13,19H,3,6-7,10H2,1H3/t13-/m1/s1. The SMILES string of the molecule is C[C@H](Cc1ccsc1)Nc1cccc(N2C(=O)CCCC2=O)c1. The number of hydrogen-bond acceptors (Lipinski definition) is 4. The molecule has 0 radical (unpaired) electrons. The minimum atomic E-state index is -0.107. The lowest BCUT2D eigenvalue weighted by Gasteiger charge is -2.25. The summed E-state index contributed by atoms with van der Waals surface area (Å²) in [6, 6.07) is 9.94. The Balaban J connectivity index is 1.72. The molecule has 1 N–H and O–H groups in total. The lowest BCUT2D eigenvalue weighted by molar-refractivity contribution is -0.129. The highest BCUT2D eigenvalue weighted by Crippen LogP contribution is 2.25. The second-order valence-corrected chi connectivity index (χ2v) is 6.69. The van der Waals surface area contributed by atoms with E-state index in [-0.39, 0.29) is 17.9 Å². The van der Waals surface area contributed by atoms with Gasteiger partial charge in [-0.3, -0.25) is 14.5 Å². The predicted molar refractivity (Wildman–Crippen MR) is 93.9 cm³/mol. The van der Waals surface area contributed by atoms with E-state index in [1.165, 1.54) is 10.5 Å². The van der Waals surface area contributed by atoms with Crippen LogP contribution >= 0.6 is 11.3 Å². The molecule has 0 bridgehead atoms. The fourth-order valence-electron chi connectivity index (χ4n) is 2.87. The summed E-state index contributed by atoms with van der Waals surface area (Å²) in [4.78, 5) is 25.4. The summed E-state index contributed by atoms with van der Waals surface area (Å²) < 4.78 is 0. The fourth-order valence-corrected chi connectivity index (χ4v) is 3.56. The highest BCUT2D eigenvalue weighted by molar-refractivity contribution is 7.07. The molecule has 4 nitrogen and oxygen atoms in total. The van der Waals surface area contributed by atoms with E-state index in [0.29, 0.717) is 24.9 Å². The largest absolute Gasteiger partial charge is 0.382 e. The van der Waals surface area contributed by atoms with Crippen molar-refractivity contribution >= 4 is 34.5 Å². The molecule has 2 heterocycles. The molecule has 1 fully saturated rings. The van der Waals surface area contributed by atoms with Crippen molar-refractivity contribution in [1.29, 1.82) is 0 Å². The van der Waals surface area contributed by atoms with Gasteiger partial charge in [0.15, 0.2) is 0 Å². The average Bonchev–Trinajstić information content (AvgIpc) is 3.00. The van der Waals surface area contributed by atoms with E-state index in [1.54, 1.807) is 11.3 Å². The van der Waals surface area contributed by atoms with Crippen LogP contribution in [-0.4, -0.2) is 17.9 Å². The van der Waals surface area contributed by atoms with Crippen molar-refractivity contribution in [3.05, 3.63) is 46.7 Å². The number of imide groups is 1. The van der Waals surface area contributed by atoms with Crippen molar-refractivity contribution in [2.24, 2.45) is 0 Å². The number of benzene rings is 1. The molecule has 120 valence electrons. The van der Waals surface area contributed by atoms with Gasteiger partial charge in [-0.1, -0.05) is 6.07 Å². The molecule has 1 aromatic carbocycles. The van der Waals surface area contributed by atoms with Crippen LogP contribution in [0.5, 0.6) is 0 Å². The first-order chi connectivity index (χ1) is 11.1. The molecule has 23 heavy (non-hydrogen) atoms. The third kappa shape index (κ3) is 3.79. The number of anilines is 2. The summed E-state index contributed by atoms with van der Waals surface area (Å²) in [7, 11) is 0. The normalized spacial score (nSPS) is 16.5. The lowest BCUT2D eigenvalue weighted by Crippen LogP contribution is -2.40. The highest BCUT2D eigenvalue weighted by atomic mass is 32.1. The van der Waals surface area contributed by atoms with Crippen LogP contribution < -0.4 is 10.2 Å². The molecular weight excluding hydrogens is 308 g/mol. The van der Waals surface area contributed by atoms with Gasteiger partial charge in [-0.05, 0) is 60.4 Å². The quantitative estimate of drug-likeness (QED) is 0.849. The molecule has 0 spiro atoms. The van der Waals surface area contributed by atoms with Crippen molar-refractivity contribution in [3.8, 4) is 0 Å². The maximum absolute atomic E-state index is 12.0. The number of thiophene rings is 1. The van der Waals surface area contributed by atoms with Crippen molar-refractivity contribution in [2.45, 2.75) is 38.6 Å². The van der Waals surface area contributed by atoms with E-state index in [4.69, 9.17) is 0 Å². The molecule has 1 aliphatic rings. The first-order valence-electron chi connectivity index (χ1n) is 7.87. The van der Waals surface area contributed by atoms with Gasteiger partial charge in [0.2, 0.25) is 11.8 Å². The molecule has 3 rings (SSSR count). The van der Waals surface area contributed by atoms with Gasteiger partial charge in [0.05, 0.1) is 5.69 Å². The number of nitrogens with one attached hydrogen (secondary N) is 1. The van der Waals surface area contributed by atoms with E-state index in [9.17, 15) is 9.59 Å². The van der Waals surface area contributed by atoms with Gasteiger partial charge >= 0.3 is 0 Å². The average molecular weight is 328 g/mol. The Morgan fingerprint density at radius 2 is 2.00 bits per heavy atom. The van der Waals surface area contributed by atoms with E-state index in [0.717, 1.165) is 12.1 Å². The Kier molecular flexibility index (Phi) is 4.76. The number of carbonyl (C=O) groups excluding carboxylic acids is 2. The highest BCUT2D eigenvalue weighted by Gasteiger charge is 2.27. The number of rotatable bonds is 5. The smallest absolute Gasteiger partial charge is 0.233 e. The van der Waals surface area contributed by atoms with Crippen LogP contribution in [0.1, 0.15) is 31.7 Å². The summed E-state index contributed by atoms with van der Waals surface area (Å²) in [5.74, 6) is -0.213. The monoisotopic (exact) mass is 328 g/mol. The van der Waals surface area contributed by atoms with Crippen molar-refractivity contribution in [2.75, 3.05) is 10.2 Å². The molecule has 1 aromatic heterocycles. The Labute approximate surface area is 140 Å². The number of piperidine rings is 1. The summed E-state index contributed by atoms with van der Waals surface area (Å²) in [5.41, 5.74) is 2.90. The van der Waals surface area contributed by atoms with Crippen molar-refractivity contribution in [1.82, 2.24) is 0 Å². The number of amides is 2. The Morgan fingerprint density at radius 1 is 1.22 bits per heavy atom. The van der Waals surface area contributed by atoms with E-state index in [1.807, 2.05) is 24.3 Å². The second-order valence-electron chi connectivity index (χ2n) is 5.91. The van der Waals surface area contributed by atoms with Crippen molar-refractivity contribution in [3.63, 3.8) is 0 Å². The number of hydrogen-bond donors (Lipinski definition) is 1. The van der Waals surface area contributed by atoms with Gasteiger partial charge in [0.25, 0.3) is 0 Å². The third-order valence-corrected chi connectivity index (χ3v) is 4.65. The molecule has 0 aliphatic carbocycles. The van der Waals surface area contributed by atoms with Crippen LogP contribution in [0.15, 0.2) is 41.1 Å². The van der Waals surface area contributed by atoms with Gasteiger partial charge in [-0.15, -0.1) is 0 Å². The molecule has 5 heteroatoms. The van der Waals surface area contributed by atoms with Crippen LogP contribution in [0.2, 0.25) is 0 Å². The maximum atomic E-state index is 12.0. The molecular formula is C18H20N2O2S. The summed E-state index contributed by atoms with van der Waals surface area (Å²) in [6.45, 7) is 2.13. The summed E-state index contributed by atoms with van der Waals surface area (Å²) in [5, 5.41) is 7.68. The minimum absolute atomic E-state index is 0.107. The zero-order valence-corrected chi connectivity index (χ0v) is 13.9. The van der Waals surface area contributed by atoms with Crippen LogP contribution in [0, 0.1) is 0 Å².